The van der Waals surface area contributed by atoms with Crippen molar-refractivity contribution in [3.8, 4) is 17.6 Å². The number of nitrogens with zero attached hydrogens (tertiary/aromatic N) is 1. The molecule has 4 heteroatoms. The van der Waals surface area contributed by atoms with Gasteiger partial charge in [0.25, 0.3) is 0 Å². The summed E-state index contributed by atoms with van der Waals surface area (Å²) in [6, 6.07) is 22.5. The Hall–Kier alpha value is -3.22. The fourth-order valence-corrected chi connectivity index (χ4v) is 3.27. The fraction of sp³-hybridized carbons (Fsp3) is 0.0870. The molecule has 0 amide bonds. The van der Waals surface area contributed by atoms with Gasteiger partial charge < -0.3 is 9.30 Å². The minimum atomic E-state index is -0.0141. The zero-order valence-electron chi connectivity index (χ0n) is 14.5. The number of ether oxygens (including phenoxy) is 1. The van der Waals surface area contributed by atoms with Crippen LogP contribution in [0.2, 0.25) is 5.02 Å². The van der Waals surface area contributed by atoms with Crippen LogP contribution in [0, 0.1) is 11.8 Å². The van der Waals surface area contributed by atoms with Crippen LogP contribution in [0.3, 0.4) is 0 Å². The number of hydrogen-bond donors (Lipinski definition) is 0. The van der Waals surface area contributed by atoms with Gasteiger partial charge in [0.15, 0.2) is 5.43 Å². The van der Waals surface area contributed by atoms with Crippen molar-refractivity contribution in [2.45, 2.75) is 6.54 Å². The molecule has 0 saturated carbocycles. The highest BCUT2D eigenvalue weighted by Gasteiger charge is 2.10. The summed E-state index contributed by atoms with van der Waals surface area (Å²) in [5.74, 6) is 6.98. The molecule has 1 heterocycles. The molecule has 27 heavy (non-hydrogen) atoms. The van der Waals surface area contributed by atoms with E-state index in [1.165, 1.54) is 0 Å². The molecule has 0 radical (unpaired) electrons. The summed E-state index contributed by atoms with van der Waals surface area (Å²) in [6.07, 6.45) is 0. The van der Waals surface area contributed by atoms with Crippen LogP contribution in [0.1, 0.15) is 0 Å². The Balaban J connectivity index is 1.69. The van der Waals surface area contributed by atoms with Gasteiger partial charge in [-0.2, -0.15) is 0 Å². The first kappa shape index (κ1) is 17.2. The van der Waals surface area contributed by atoms with Crippen LogP contribution in [-0.2, 0) is 6.54 Å². The van der Waals surface area contributed by atoms with Crippen LogP contribution in [0.5, 0.6) is 5.75 Å². The Bertz CT molecular complexity index is 1230. The Morgan fingerprint density at radius 1 is 0.852 bits per heavy atom. The molecule has 0 aliphatic rings. The molecule has 0 aliphatic carbocycles. The highest BCUT2D eigenvalue weighted by atomic mass is 35.5. The minimum absolute atomic E-state index is 0.0141. The Kier molecular flexibility index (Phi) is 4.82. The van der Waals surface area contributed by atoms with E-state index in [0.29, 0.717) is 28.9 Å². The van der Waals surface area contributed by atoms with Gasteiger partial charge >= 0.3 is 0 Å². The summed E-state index contributed by atoms with van der Waals surface area (Å²) < 4.78 is 7.64. The molecule has 1 aromatic heterocycles. The maximum Gasteiger partial charge on any atom is 0.197 e. The summed E-state index contributed by atoms with van der Waals surface area (Å²) in [5.41, 5.74) is 1.66. The quantitative estimate of drug-likeness (QED) is 0.378. The van der Waals surface area contributed by atoms with E-state index in [4.69, 9.17) is 16.3 Å². The highest BCUT2D eigenvalue weighted by molar-refractivity contribution is 6.31. The van der Waals surface area contributed by atoms with E-state index in [1.54, 1.807) is 12.1 Å². The van der Waals surface area contributed by atoms with E-state index in [1.807, 2.05) is 65.2 Å². The van der Waals surface area contributed by atoms with Crippen LogP contribution in [0.4, 0.5) is 0 Å². The van der Waals surface area contributed by atoms with Crippen molar-refractivity contribution in [1.82, 2.24) is 4.57 Å². The average molecular weight is 374 g/mol. The van der Waals surface area contributed by atoms with Crippen molar-refractivity contribution >= 4 is 33.4 Å². The SMILES string of the molecule is O=c1c2ccccc2n(CC#CCOc2ccccc2)c2ccc(Cl)cc12. The number of pyridine rings is 1. The van der Waals surface area contributed by atoms with Gasteiger partial charge in [-0.1, -0.05) is 53.8 Å². The molecule has 0 N–H and O–H groups in total. The smallest absolute Gasteiger partial charge is 0.197 e. The predicted molar refractivity (Wildman–Crippen MR) is 110 cm³/mol. The number of para-hydroxylation sites is 2. The van der Waals surface area contributed by atoms with E-state index < -0.39 is 0 Å². The zero-order chi connectivity index (χ0) is 18.6. The minimum Gasteiger partial charge on any atom is -0.481 e. The third-order valence-corrected chi connectivity index (χ3v) is 4.58. The van der Waals surface area contributed by atoms with E-state index in [-0.39, 0.29) is 5.43 Å². The van der Waals surface area contributed by atoms with Gasteiger partial charge in [-0.15, -0.1) is 0 Å². The normalized spacial score (nSPS) is 10.6. The van der Waals surface area contributed by atoms with Crippen LogP contribution in [0.25, 0.3) is 21.8 Å². The van der Waals surface area contributed by atoms with E-state index in [0.717, 1.165) is 16.8 Å². The molecule has 4 rings (SSSR count). The lowest BCUT2D eigenvalue weighted by Gasteiger charge is -2.12. The summed E-state index contributed by atoms with van der Waals surface area (Å²) in [7, 11) is 0. The molecular formula is C23H16ClNO2. The van der Waals surface area contributed by atoms with Crippen molar-refractivity contribution in [2.24, 2.45) is 0 Å². The standard InChI is InChI=1S/C23H16ClNO2/c24-17-12-13-22-20(16-17)23(26)19-10-4-5-11-21(19)25(22)14-6-7-15-27-18-8-2-1-3-9-18/h1-5,8-13,16H,14-15H2. The van der Waals surface area contributed by atoms with Crippen molar-refractivity contribution in [2.75, 3.05) is 6.61 Å². The molecular weight excluding hydrogens is 358 g/mol. The molecule has 3 aromatic carbocycles. The van der Waals surface area contributed by atoms with Gasteiger partial charge in [0.05, 0.1) is 17.6 Å². The first-order valence-corrected chi connectivity index (χ1v) is 8.96. The number of rotatable bonds is 3. The van der Waals surface area contributed by atoms with Crippen LogP contribution >= 0.6 is 11.6 Å². The highest BCUT2D eigenvalue weighted by Crippen LogP contribution is 2.22. The second-order valence-electron chi connectivity index (χ2n) is 6.05. The Morgan fingerprint density at radius 2 is 1.59 bits per heavy atom. The molecule has 0 aliphatic heterocycles. The first-order valence-electron chi connectivity index (χ1n) is 8.58. The van der Waals surface area contributed by atoms with Crippen molar-refractivity contribution in [3.63, 3.8) is 0 Å². The van der Waals surface area contributed by atoms with Crippen molar-refractivity contribution in [1.29, 1.82) is 0 Å². The molecule has 0 bridgehead atoms. The summed E-state index contributed by atoms with van der Waals surface area (Å²) in [6.45, 7) is 0.767. The molecule has 0 atom stereocenters. The maximum atomic E-state index is 12.8. The lowest BCUT2D eigenvalue weighted by Crippen LogP contribution is -2.11. The van der Waals surface area contributed by atoms with Gasteiger partial charge in [0, 0.05) is 15.8 Å². The predicted octanol–water partition coefficient (Wildman–Crippen LogP) is 4.89. The molecule has 0 unspecified atom stereocenters. The topological polar surface area (TPSA) is 31.2 Å². The number of aromatic nitrogens is 1. The van der Waals surface area contributed by atoms with Crippen LogP contribution in [-0.4, -0.2) is 11.2 Å². The average Bonchev–Trinajstić information content (AvgIpc) is 2.71. The maximum absolute atomic E-state index is 12.8. The Morgan fingerprint density at radius 3 is 2.44 bits per heavy atom. The zero-order valence-corrected chi connectivity index (χ0v) is 15.2. The number of benzene rings is 3. The number of fused-ring (bicyclic) bond motifs is 2. The molecule has 3 nitrogen and oxygen atoms in total. The third kappa shape index (κ3) is 3.53. The van der Waals surface area contributed by atoms with E-state index in [2.05, 4.69) is 11.8 Å². The lowest BCUT2D eigenvalue weighted by molar-refractivity contribution is 0.370. The van der Waals surface area contributed by atoms with Crippen molar-refractivity contribution < 1.29 is 4.74 Å². The van der Waals surface area contributed by atoms with Gasteiger partial charge in [-0.25, -0.2) is 0 Å². The van der Waals surface area contributed by atoms with Gasteiger partial charge in [0.1, 0.15) is 12.4 Å². The largest absolute Gasteiger partial charge is 0.481 e. The Labute approximate surface area is 161 Å². The second kappa shape index (κ2) is 7.57. The summed E-state index contributed by atoms with van der Waals surface area (Å²) >= 11 is 6.11. The molecule has 132 valence electrons. The lowest BCUT2D eigenvalue weighted by atomic mass is 10.1. The second-order valence-corrected chi connectivity index (χ2v) is 6.49. The van der Waals surface area contributed by atoms with Crippen LogP contribution in [0.15, 0.2) is 77.6 Å². The van der Waals surface area contributed by atoms with Gasteiger partial charge in [-0.05, 0) is 42.5 Å². The summed E-state index contributed by atoms with van der Waals surface area (Å²) in [4.78, 5) is 12.8. The first-order chi connectivity index (χ1) is 13.2. The molecule has 0 saturated heterocycles. The molecule has 0 spiro atoms. The number of hydrogen-bond acceptors (Lipinski definition) is 2. The fourth-order valence-electron chi connectivity index (χ4n) is 3.09. The van der Waals surface area contributed by atoms with Gasteiger partial charge in [0.2, 0.25) is 0 Å². The third-order valence-electron chi connectivity index (χ3n) is 4.35. The monoisotopic (exact) mass is 373 g/mol. The summed E-state index contributed by atoms with van der Waals surface area (Å²) in [5, 5.41) is 1.81. The van der Waals surface area contributed by atoms with E-state index >= 15 is 0 Å². The van der Waals surface area contributed by atoms with Crippen molar-refractivity contribution in [3.05, 3.63) is 88.0 Å². The van der Waals surface area contributed by atoms with Gasteiger partial charge in [-0.3, -0.25) is 4.79 Å². The molecule has 0 fully saturated rings. The molecule has 4 aromatic rings. The van der Waals surface area contributed by atoms with Crippen LogP contribution < -0.4 is 10.2 Å². The number of halogens is 1. The van der Waals surface area contributed by atoms with E-state index in [9.17, 15) is 4.79 Å².